The quantitative estimate of drug-likeness (QED) is 0.343. The number of rotatable bonds is 5. The Labute approximate surface area is 162 Å². The number of carbonyl (C=O) groups is 3. The predicted molar refractivity (Wildman–Crippen MR) is 102 cm³/mol. The molecule has 0 amide bonds. The van der Waals surface area contributed by atoms with Crippen molar-refractivity contribution in [2.45, 2.75) is 13.8 Å². The van der Waals surface area contributed by atoms with Gasteiger partial charge in [0.2, 0.25) is 5.78 Å². The summed E-state index contributed by atoms with van der Waals surface area (Å²) in [4.78, 5) is 37.4. The number of aromatic nitrogens is 2. The Morgan fingerprint density at radius 1 is 1.15 bits per heavy atom. The molecular weight excluding hydrogens is 424 g/mol. The highest BCUT2D eigenvalue weighted by Gasteiger charge is 2.14. The maximum atomic E-state index is 11.6. The zero-order valence-electron chi connectivity index (χ0n) is 14.2. The van der Waals surface area contributed by atoms with Crippen molar-refractivity contribution in [3.63, 3.8) is 0 Å². The van der Waals surface area contributed by atoms with E-state index >= 15 is 0 Å². The number of alkyl halides is 1. The van der Waals surface area contributed by atoms with Gasteiger partial charge in [0.1, 0.15) is 0 Å². The van der Waals surface area contributed by atoms with E-state index in [4.69, 9.17) is 4.74 Å². The van der Waals surface area contributed by atoms with Crippen molar-refractivity contribution in [2.24, 2.45) is 0 Å². The molecule has 3 aromatic rings. The lowest BCUT2D eigenvalue weighted by Crippen LogP contribution is -2.17. The maximum absolute atomic E-state index is 11.6. The molecule has 2 aromatic heterocycles. The maximum Gasteiger partial charge on any atom is 0.375 e. The summed E-state index contributed by atoms with van der Waals surface area (Å²) in [6, 6.07) is 8.01. The number of benzene rings is 1. The van der Waals surface area contributed by atoms with Crippen LogP contribution in [-0.2, 0) is 19.1 Å². The summed E-state index contributed by atoms with van der Waals surface area (Å²) in [5.74, 6) is -1.68. The zero-order valence-corrected chi connectivity index (χ0v) is 16.6. The van der Waals surface area contributed by atoms with Crippen LogP contribution in [0.4, 0.5) is 0 Å². The Bertz CT molecular complexity index is 934. The number of halogens is 1. The van der Waals surface area contributed by atoms with Crippen LogP contribution in [0.5, 0.6) is 0 Å². The minimum atomic E-state index is -0.769. The fourth-order valence-electron chi connectivity index (χ4n) is 2.02. The van der Waals surface area contributed by atoms with Crippen LogP contribution in [-0.4, -0.2) is 45.7 Å². The van der Waals surface area contributed by atoms with Gasteiger partial charge in [-0.3, -0.25) is 9.20 Å². The van der Waals surface area contributed by atoms with Gasteiger partial charge in [0.15, 0.2) is 10.7 Å². The topological polar surface area (TPSA) is 87.0 Å². The summed E-state index contributed by atoms with van der Waals surface area (Å²) in [6.07, 6.45) is 1.73. The molecule has 138 valence electrons. The van der Waals surface area contributed by atoms with Crippen molar-refractivity contribution in [3.05, 3.63) is 36.2 Å². The van der Waals surface area contributed by atoms with Gasteiger partial charge in [-0.1, -0.05) is 39.4 Å². The molecule has 0 fully saturated rings. The van der Waals surface area contributed by atoms with E-state index < -0.39 is 11.8 Å². The van der Waals surface area contributed by atoms with Gasteiger partial charge in [0.25, 0.3) is 0 Å². The molecule has 0 spiro atoms. The molecule has 0 N–H and O–H groups in total. The summed E-state index contributed by atoms with van der Waals surface area (Å²) < 4.78 is 12.4. The van der Waals surface area contributed by atoms with Crippen LogP contribution in [0.15, 0.2) is 30.5 Å². The van der Waals surface area contributed by atoms with Crippen molar-refractivity contribution in [1.29, 1.82) is 0 Å². The summed E-state index contributed by atoms with van der Waals surface area (Å²) in [6.45, 7) is 4.05. The number of hydrogen-bond acceptors (Lipinski definition) is 7. The SMILES string of the molecule is CCOC(=O)C(=O)CBr.CCOC(=O)c1cn2c(n1)sc1ccccc12. The summed E-state index contributed by atoms with van der Waals surface area (Å²) in [5, 5.41) is 0.0336. The molecule has 0 atom stereocenters. The van der Waals surface area contributed by atoms with Gasteiger partial charge in [-0.15, -0.1) is 0 Å². The molecule has 0 saturated heterocycles. The molecule has 0 radical (unpaired) electrons. The van der Waals surface area contributed by atoms with Crippen molar-refractivity contribution >= 4 is 60.2 Å². The van der Waals surface area contributed by atoms with Crippen LogP contribution in [0.2, 0.25) is 0 Å². The molecule has 0 saturated carbocycles. The number of ketones is 1. The highest BCUT2D eigenvalue weighted by molar-refractivity contribution is 9.09. The third-order valence-electron chi connectivity index (χ3n) is 3.11. The highest BCUT2D eigenvalue weighted by Crippen LogP contribution is 2.25. The standard InChI is InChI=1S/C12H10N2O2S.C5H7BrO3/c1-2-16-11(15)8-7-14-9-5-3-4-6-10(9)17-12(14)13-8;1-2-9-5(8)4(7)3-6/h3-7H,2H2,1H3;2-3H2,1H3. The molecule has 2 heterocycles. The van der Waals surface area contributed by atoms with Crippen molar-refractivity contribution < 1.29 is 23.9 Å². The largest absolute Gasteiger partial charge is 0.461 e. The van der Waals surface area contributed by atoms with Gasteiger partial charge in [-0.05, 0) is 26.0 Å². The van der Waals surface area contributed by atoms with Crippen LogP contribution in [0.3, 0.4) is 0 Å². The van der Waals surface area contributed by atoms with Gasteiger partial charge >= 0.3 is 11.9 Å². The second-order valence-corrected chi connectivity index (χ2v) is 6.42. The number of fused-ring (bicyclic) bond motifs is 3. The van der Waals surface area contributed by atoms with E-state index in [1.165, 1.54) is 0 Å². The Balaban J connectivity index is 0.000000232. The lowest BCUT2D eigenvalue weighted by atomic mass is 10.3. The monoisotopic (exact) mass is 440 g/mol. The second-order valence-electron chi connectivity index (χ2n) is 4.85. The molecular formula is C17H17BrN2O5S. The van der Waals surface area contributed by atoms with Crippen molar-refractivity contribution in [2.75, 3.05) is 18.5 Å². The molecule has 1 aromatic carbocycles. The van der Waals surface area contributed by atoms with Gasteiger partial charge in [-0.25, -0.2) is 14.6 Å². The van der Waals surface area contributed by atoms with E-state index in [-0.39, 0.29) is 17.9 Å². The summed E-state index contributed by atoms with van der Waals surface area (Å²) in [7, 11) is 0. The van der Waals surface area contributed by atoms with Gasteiger partial charge in [0.05, 0.1) is 28.8 Å². The molecule has 0 aliphatic rings. The van der Waals surface area contributed by atoms with Crippen LogP contribution >= 0.6 is 27.3 Å². The lowest BCUT2D eigenvalue weighted by Gasteiger charge is -1.95. The van der Waals surface area contributed by atoms with E-state index in [9.17, 15) is 14.4 Å². The molecule has 3 rings (SSSR count). The fraction of sp³-hybridized carbons (Fsp3) is 0.294. The zero-order chi connectivity index (χ0) is 19.1. The predicted octanol–water partition coefficient (Wildman–Crippen LogP) is 3.24. The number of carbonyl (C=O) groups excluding carboxylic acids is 3. The molecule has 0 aliphatic carbocycles. The molecule has 7 nitrogen and oxygen atoms in total. The average molecular weight is 441 g/mol. The van der Waals surface area contributed by atoms with Crippen LogP contribution < -0.4 is 0 Å². The number of esters is 2. The van der Waals surface area contributed by atoms with E-state index in [1.54, 1.807) is 31.4 Å². The molecule has 0 unspecified atom stereocenters. The fourth-order valence-corrected chi connectivity index (χ4v) is 3.25. The lowest BCUT2D eigenvalue weighted by molar-refractivity contribution is -0.152. The normalized spacial score (nSPS) is 10.3. The highest BCUT2D eigenvalue weighted by atomic mass is 79.9. The first kappa shape index (κ1) is 20.1. The molecule has 26 heavy (non-hydrogen) atoms. The minimum Gasteiger partial charge on any atom is -0.461 e. The summed E-state index contributed by atoms with van der Waals surface area (Å²) in [5.41, 5.74) is 1.43. The Kier molecular flexibility index (Phi) is 7.28. The Morgan fingerprint density at radius 3 is 2.50 bits per heavy atom. The number of imidazole rings is 1. The van der Waals surface area contributed by atoms with Crippen LogP contribution in [0, 0.1) is 0 Å². The first-order valence-corrected chi connectivity index (χ1v) is 9.75. The van der Waals surface area contributed by atoms with Gasteiger partial charge in [-0.2, -0.15) is 0 Å². The van der Waals surface area contributed by atoms with Gasteiger partial charge in [0, 0.05) is 6.20 Å². The van der Waals surface area contributed by atoms with Crippen molar-refractivity contribution in [3.8, 4) is 0 Å². The minimum absolute atomic E-state index is 0.0336. The number of ether oxygens (including phenoxy) is 2. The second kappa shape index (κ2) is 9.44. The van der Waals surface area contributed by atoms with E-state index in [0.717, 1.165) is 15.2 Å². The summed E-state index contributed by atoms with van der Waals surface area (Å²) >= 11 is 4.40. The number of hydrogen-bond donors (Lipinski definition) is 0. The molecule has 9 heteroatoms. The third-order valence-corrected chi connectivity index (χ3v) is 4.65. The number of Topliss-reactive ketones (excluding diaryl/α,β-unsaturated/α-hetero) is 1. The van der Waals surface area contributed by atoms with Gasteiger partial charge < -0.3 is 9.47 Å². The first-order chi connectivity index (χ1) is 12.5. The van der Waals surface area contributed by atoms with E-state index in [0.29, 0.717) is 12.3 Å². The molecule has 0 bridgehead atoms. The van der Waals surface area contributed by atoms with E-state index in [1.807, 2.05) is 28.7 Å². The number of thiazole rings is 1. The van der Waals surface area contributed by atoms with Crippen LogP contribution in [0.1, 0.15) is 24.3 Å². The van der Waals surface area contributed by atoms with Crippen LogP contribution in [0.25, 0.3) is 15.2 Å². The number of nitrogens with zero attached hydrogens (tertiary/aromatic N) is 2. The van der Waals surface area contributed by atoms with Crippen molar-refractivity contribution in [1.82, 2.24) is 9.38 Å². The first-order valence-electron chi connectivity index (χ1n) is 7.81. The Morgan fingerprint density at radius 2 is 1.85 bits per heavy atom. The number of para-hydroxylation sites is 1. The smallest absolute Gasteiger partial charge is 0.375 e. The van der Waals surface area contributed by atoms with E-state index in [2.05, 4.69) is 25.7 Å². The Hall–Kier alpha value is -2.26. The average Bonchev–Trinajstić information content (AvgIpc) is 3.20. The third kappa shape index (κ3) is 4.67. The molecule has 0 aliphatic heterocycles.